The Morgan fingerprint density at radius 1 is 1.21 bits per heavy atom. The van der Waals surface area contributed by atoms with Crippen molar-refractivity contribution in [3.63, 3.8) is 0 Å². The average molecular weight is 535 g/mol. The van der Waals surface area contributed by atoms with Crippen LogP contribution in [0.4, 0.5) is 11.5 Å². The van der Waals surface area contributed by atoms with E-state index in [1.54, 1.807) is 30.3 Å². The molecule has 1 heterocycles. The summed E-state index contributed by atoms with van der Waals surface area (Å²) in [6.45, 7) is 2.33. The first-order valence-electron chi connectivity index (χ1n) is 9.96. The molecule has 0 radical (unpaired) electrons. The fraction of sp³-hybridized carbons (Fsp3) is 0.238. The van der Waals surface area contributed by atoms with Crippen molar-refractivity contribution >= 4 is 48.8 Å². The zero-order valence-electron chi connectivity index (χ0n) is 17.7. The molecule has 3 aromatic rings. The van der Waals surface area contributed by atoms with E-state index in [2.05, 4.69) is 36.6 Å². The molecule has 0 bridgehead atoms. The highest BCUT2D eigenvalue weighted by Crippen LogP contribution is 2.23. The molecular formula is C21H23BrN6O4S. The molecule has 0 saturated carbocycles. The molecule has 12 heteroatoms. The number of sulfone groups is 1. The number of aryl methyl sites for hydroxylation is 1. The van der Waals surface area contributed by atoms with E-state index >= 15 is 0 Å². The number of hydrogen-bond donors (Lipinski definition) is 4. The smallest absolute Gasteiger partial charge is 0.202 e. The third-order valence-electron chi connectivity index (χ3n) is 4.63. The molecule has 0 aliphatic carbocycles. The number of hydroxylamine groups is 1. The maximum atomic E-state index is 12.4. The first-order valence-corrected chi connectivity index (χ1v) is 12.4. The summed E-state index contributed by atoms with van der Waals surface area (Å²) in [5.74, 6) is -0.0355. The molecule has 0 aliphatic heterocycles. The van der Waals surface area contributed by atoms with Gasteiger partial charge in [0.25, 0.3) is 0 Å². The van der Waals surface area contributed by atoms with Gasteiger partial charge < -0.3 is 10.7 Å². The van der Waals surface area contributed by atoms with E-state index in [4.69, 9.17) is 10.0 Å². The van der Waals surface area contributed by atoms with Crippen LogP contribution in [0.2, 0.25) is 0 Å². The number of nitrogens with one attached hydrogen (secondary N) is 3. The minimum absolute atomic E-state index is 0.0381. The van der Waals surface area contributed by atoms with Gasteiger partial charge in [0.1, 0.15) is 0 Å². The second kappa shape index (κ2) is 11.2. The van der Waals surface area contributed by atoms with Crippen LogP contribution in [0, 0.1) is 12.3 Å². The predicted octanol–water partition coefficient (Wildman–Crippen LogP) is 3.88. The van der Waals surface area contributed by atoms with Gasteiger partial charge in [0.15, 0.2) is 21.4 Å². The summed E-state index contributed by atoms with van der Waals surface area (Å²) in [4.78, 5) is 4.53. The van der Waals surface area contributed by atoms with Gasteiger partial charge in [-0.1, -0.05) is 40.2 Å². The third kappa shape index (κ3) is 6.70. The van der Waals surface area contributed by atoms with Gasteiger partial charge in [0, 0.05) is 16.7 Å². The minimum Gasteiger partial charge on any atom is -0.365 e. The number of aromatic nitrogens is 2. The van der Waals surface area contributed by atoms with E-state index < -0.39 is 9.84 Å². The van der Waals surface area contributed by atoms with Crippen molar-refractivity contribution in [2.24, 2.45) is 4.99 Å². The summed E-state index contributed by atoms with van der Waals surface area (Å²) in [5, 5.41) is 28.1. The van der Waals surface area contributed by atoms with Crippen molar-refractivity contribution in [1.29, 1.82) is 5.41 Å². The lowest BCUT2D eigenvalue weighted by molar-refractivity contribution is 0.234. The Morgan fingerprint density at radius 2 is 1.97 bits per heavy atom. The molecule has 0 aliphatic rings. The Hall–Kier alpha value is -3.09. The normalized spacial score (nSPS) is 11.9. The Morgan fingerprint density at radius 3 is 2.67 bits per heavy atom. The molecular weight excluding hydrogens is 512 g/mol. The van der Waals surface area contributed by atoms with E-state index in [1.807, 2.05) is 18.5 Å². The standard InChI is InChI=1S/C21H23BrN6O4S/c1-14-9-10-16(12-18(14)22)25-21(26-29)19-20(28-32-27-19)24-11-5-6-15(23)13-33(30,31)17-7-3-2-4-8-17/h2-4,7-10,12,23,29H,5-6,11,13H2,1H3,(H,24,28)(H,25,26). The summed E-state index contributed by atoms with van der Waals surface area (Å²) < 4.78 is 30.4. The van der Waals surface area contributed by atoms with E-state index in [0.717, 1.165) is 10.0 Å². The topological polar surface area (TPSA) is 154 Å². The molecule has 0 saturated heterocycles. The largest absolute Gasteiger partial charge is 0.365 e. The lowest BCUT2D eigenvalue weighted by atomic mass is 10.2. The maximum absolute atomic E-state index is 12.4. The van der Waals surface area contributed by atoms with Crippen molar-refractivity contribution in [1.82, 2.24) is 15.8 Å². The molecule has 2 aromatic carbocycles. The van der Waals surface area contributed by atoms with Gasteiger partial charge in [-0.05, 0) is 59.9 Å². The van der Waals surface area contributed by atoms with Gasteiger partial charge in [-0.25, -0.2) is 18.0 Å². The highest BCUT2D eigenvalue weighted by molar-refractivity contribution is 9.10. The van der Waals surface area contributed by atoms with Gasteiger partial charge in [-0.15, -0.1) is 0 Å². The van der Waals surface area contributed by atoms with Crippen molar-refractivity contribution < 1.29 is 18.3 Å². The number of nitrogens with zero attached hydrogens (tertiary/aromatic N) is 3. The van der Waals surface area contributed by atoms with Gasteiger partial charge >= 0.3 is 0 Å². The van der Waals surface area contributed by atoms with Gasteiger partial charge in [0.2, 0.25) is 5.82 Å². The minimum atomic E-state index is -3.53. The van der Waals surface area contributed by atoms with Crippen molar-refractivity contribution in [2.45, 2.75) is 24.7 Å². The monoisotopic (exact) mass is 534 g/mol. The van der Waals surface area contributed by atoms with Crippen LogP contribution in [-0.2, 0) is 9.84 Å². The molecule has 0 spiro atoms. The molecule has 174 valence electrons. The van der Waals surface area contributed by atoms with Crippen molar-refractivity contribution in [3.05, 3.63) is 64.3 Å². The summed E-state index contributed by atoms with van der Waals surface area (Å²) in [6, 6.07) is 13.5. The molecule has 0 unspecified atom stereocenters. The molecule has 0 amide bonds. The van der Waals surface area contributed by atoms with Crippen LogP contribution in [-0.4, -0.2) is 47.8 Å². The van der Waals surface area contributed by atoms with Crippen LogP contribution in [0.25, 0.3) is 0 Å². The van der Waals surface area contributed by atoms with Gasteiger partial charge in [-0.3, -0.25) is 10.7 Å². The highest BCUT2D eigenvalue weighted by atomic mass is 79.9. The molecule has 3 rings (SSSR count). The third-order valence-corrected chi connectivity index (χ3v) is 7.20. The number of aliphatic imine (C=N–C) groups is 1. The highest BCUT2D eigenvalue weighted by Gasteiger charge is 2.18. The van der Waals surface area contributed by atoms with E-state index in [0.29, 0.717) is 18.7 Å². The van der Waals surface area contributed by atoms with Crippen LogP contribution in [0.15, 0.2) is 67.5 Å². The van der Waals surface area contributed by atoms with Crippen molar-refractivity contribution in [3.8, 4) is 0 Å². The Bertz CT molecular complexity index is 1240. The summed E-state index contributed by atoms with van der Waals surface area (Å²) in [7, 11) is -3.53. The number of anilines is 1. The number of benzene rings is 2. The van der Waals surface area contributed by atoms with E-state index in [1.165, 1.54) is 12.1 Å². The average Bonchev–Trinajstić information content (AvgIpc) is 3.26. The summed E-state index contributed by atoms with van der Waals surface area (Å²) in [6.07, 6.45) is 0.773. The first-order chi connectivity index (χ1) is 15.8. The Kier molecular flexibility index (Phi) is 8.31. The van der Waals surface area contributed by atoms with Crippen LogP contribution >= 0.6 is 15.9 Å². The quantitative estimate of drug-likeness (QED) is 0.132. The van der Waals surface area contributed by atoms with Crippen molar-refractivity contribution in [2.75, 3.05) is 17.6 Å². The zero-order chi connectivity index (χ0) is 23.8. The zero-order valence-corrected chi connectivity index (χ0v) is 20.1. The SMILES string of the molecule is Cc1ccc(N=C(NO)c2nonc2NCCCC(=N)CS(=O)(=O)c2ccccc2)cc1Br. The second-order valence-electron chi connectivity index (χ2n) is 7.17. The number of amidine groups is 1. The number of rotatable bonds is 10. The molecule has 4 N–H and O–H groups in total. The van der Waals surface area contributed by atoms with Crippen LogP contribution in [0.1, 0.15) is 24.1 Å². The molecule has 1 aromatic heterocycles. The second-order valence-corrected chi connectivity index (χ2v) is 10.0. The fourth-order valence-electron chi connectivity index (χ4n) is 2.89. The molecule has 0 fully saturated rings. The number of halogens is 1. The van der Waals surface area contributed by atoms with Crippen LogP contribution < -0.4 is 10.8 Å². The van der Waals surface area contributed by atoms with Gasteiger partial charge in [-0.2, -0.15) is 0 Å². The Balaban J connectivity index is 1.57. The fourth-order valence-corrected chi connectivity index (χ4v) is 4.60. The van der Waals surface area contributed by atoms with Crippen LogP contribution in [0.5, 0.6) is 0 Å². The first kappa shape index (κ1) is 24.6. The lowest BCUT2D eigenvalue weighted by Gasteiger charge is -2.08. The van der Waals surface area contributed by atoms with Crippen LogP contribution in [0.3, 0.4) is 0 Å². The maximum Gasteiger partial charge on any atom is 0.202 e. The van der Waals surface area contributed by atoms with Gasteiger partial charge in [0.05, 0.1) is 16.3 Å². The molecule has 0 atom stereocenters. The summed E-state index contributed by atoms with van der Waals surface area (Å²) in [5.41, 5.74) is 3.92. The number of hydrogen-bond acceptors (Lipinski definition) is 9. The Labute approximate surface area is 199 Å². The summed E-state index contributed by atoms with van der Waals surface area (Å²) >= 11 is 3.44. The van der Waals surface area contributed by atoms with E-state index in [-0.39, 0.29) is 40.1 Å². The molecule has 33 heavy (non-hydrogen) atoms. The lowest BCUT2D eigenvalue weighted by Crippen LogP contribution is -2.22. The van der Waals surface area contributed by atoms with E-state index in [9.17, 15) is 13.6 Å². The predicted molar refractivity (Wildman–Crippen MR) is 128 cm³/mol. The molecule has 10 nitrogen and oxygen atoms in total.